The summed E-state index contributed by atoms with van der Waals surface area (Å²) in [5, 5.41) is 21.1. The number of carboxylic acids is 1. The van der Waals surface area contributed by atoms with Crippen LogP contribution in [0.4, 0.5) is 0 Å². The summed E-state index contributed by atoms with van der Waals surface area (Å²) >= 11 is 0. The van der Waals surface area contributed by atoms with E-state index in [0.29, 0.717) is 0 Å². The van der Waals surface area contributed by atoms with Crippen LogP contribution in [-0.4, -0.2) is 57.1 Å². The third-order valence-corrected chi connectivity index (χ3v) is 3.26. The molecule has 2 heterocycles. The van der Waals surface area contributed by atoms with Crippen molar-refractivity contribution in [2.24, 2.45) is 5.92 Å². The van der Waals surface area contributed by atoms with Gasteiger partial charge in [0.1, 0.15) is 0 Å². The van der Waals surface area contributed by atoms with Crippen LogP contribution in [0.1, 0.15) is 13.8 Å². The van der Waals surface area contributed by atoms with Crippen molar-refractivity contribution in [1.82, 2.24) is 10.0 Å². The van der Waals surface area contributed by atoms with Crippen molar-refractivity contribution in [3.8, 4) is 0 Å². The van der Waals surface area contributed by atoms with E-state index in [1.807, 2.05) is 0 Å². The number of aliphatic hydroxyl groups is 1. The molecule has 7 nitrogen and oxygen atoms in total. The second-order valence-corrected chi connectivity index (χ2v) is 4.53. The third-order valence-electron chi connectivity index (χ3n) is 3.26. The van der Waals surface area contributed by atoms with Crippen LogP contribution in [0.25, 0.3) is 0 Å². The molecule has 2 atom stereocenters. The van der Waals surface area contributed by atoms with Crippen molar-refractivity contribution in [2.45, 2.75) is 20.0 Å². The molecule has 0 spiro atoms. The van der Waals surface area contributed by atoms with Crippen LogP contribution in [0.15, 0.2) is 11.3 Å². The number of carboxylic acid groups (broad SMARTS) is 1. The minimum atomic E-state index is -1.30. The number of fused-ring (bicyclic) bond motifs is 1. The highest BCUT2D eigenvalue weighted by Crippen LogP contribution is 2.33. The van der Waals surface area contributed by atoms with Gasteiger partial charge in [-0.3, -0.25) is 9.59 Å². The molecule has 1 fully saturated rings. The monoisotopic (exact) mass is 254 g/mol. The van der Waals surface area contributed by atoms with E-state index in [2.05, 4.69) is 0 Å². The zero-order valence-corrected chi connectivity index (χ0v) is 10.1. The summed E-state index contributed by atoms with van der Waals surface area (Å²) < 4.78 is 0. The molecule has 2 rings (SSSR count). The van der Waals surface area contributed by atoms with Gasteiger partial charge in [-0.25, -0.2) is 14.8 Å². The van der Waals surface area contributed by atoms with Crippen molar-refractivity contribution in [2.75, 3.05) is 13.1 Å². The van der Waals surface area contributed by atoms with Crippen LogP contribution < -0.4 is 0 Å². The number of carbonyl (C=O) groups is 3. The van der Waals surface area contributed by atoms with Gasteiger partial charge >= 0.3 is 5.97 Å². The Morgan fingerprint density at radius 3 is 2.50 bits per heavy atom. The number of aliphatic hydroxyl groups excluding tert-OH is 1. The van der Waals surface area contributed by atoms with Gasteiger partial charge < -0.3 is 10.2 Å². The number of amides is 1. The number of ketones is 1. The highest BCUT2D eigenvalue weighted by atomic mass is 16.4. The summed E-state index contributed by atoms with van der Waals surface area (Å²) in [6, 6.07) is 0. The van der Waals surface area contributed by atoms with E-state index in [0.717, 1.165) is 5.01 Å². The van der Waals surface area contributed by atoms with Crippen LogP contribution in [0.5, 0.6) is 0 Å². The number of carbonyl (C=O) groups excluding carboxylic acids is 2. The Morgan fingerprint density at radius 1 is 1.44 bits per heavy atom. The lowest BCUT2D eigenvalue weighted by atomic mass is 10.0. The SMILES string of the molecule is CC(=O)C1=C(C(=O)O)N2C(=O)C(C(C)O)CN2C1. The van der Waals surface area contributed by atoms with Gasteiger partial charge in [0.25, 0.3) is 0 Å². The first-order chi connectivity index (χ1) is 8.34. The van der Waals surface area contributed by atoms with Crippen LogP contribution in [-0.2, 0) is 14.4 Å². The van der Waals surface area contributed by atoms with E-state index in [9.17, 15) is 19.5 Å². The molecule has 0 aromatic carbocycles. The molecule has 98 valence electrons. The molecule has 0 saturated carbocycles. The topological polar surface area (TPSA) is 98.2 Å². The predicted molar refractivity (Wildman–Crippen MR) is 58.9 cm³/mol. The second kappa shape index (κ2) is 4.18. The molecule has 1 amide bonds. The molecular formula is C11H14N2O5. The number of hydrazine groups is 1. The molecule has 0 radical (unpaired) electrons. The molecule has 0 aromatic rings. The lowest BCUT2D eigenvalue weighted by Gasteiger charge is -2.19. The Bertz CT molecular complexity index is 468. The first-order valence-corrected chi connectivity index (χ1v) is 5.59. The molecular weight excluding hydrogens is 240 g/mol. The zero-order chi connectivity index (χ0) is 13.6. The largest absolute Gasteiger partial charge is 0.477 e. The van der Waals surface area contributed by atoms with Gasteiger partial charge in [-0.15, -0.1) is 0 Å². The average molecular weight is 254 g/mol. The second-order valence-electron chi connectivity index (χ2n) is 4.53. The van der Waals surface area contributed by atoms with Crippen LogP contribution in [0.3, 0.4) is 0 Å². The van der Waals surface area contributed by atoms with Crippen LogP contribution in [0, 0.1) is 5.92 Å². The van der Waals surface area contributed by atoms with Crippen molar-refractivity contribution >= 4 is 17.7 Å². The zero-order valence-electron chi connectivity index (χ0n) is 10.1. The maximum absolute atomic E-state index is 12.0. The summed E-state index contributed by atoms with van der Waals surface area (Å²) in [5.74, 6) is -2.78. The predicted octanol–water partition coefficient (Wildman–Crippen LogP) is -1.02. The first kappa shape index (κ1) is 12.7. The number of hydrogen-bond donors (Lipinski definition) is 2. The third kappa shape index (κ3) is 1.72. The number of hydrogen-bond acceptors (Lipinski definition) is 5. The Kier molecular flexibility index (Phi) is 2.95. The van der Waals surface area contributed by atoms with Gasteiger partial charge in [-0.05, 0) is 13.8 Å². The molecule has 7 heteroatoms. The highest BCUT2D eigenvalue weighted by Gasteiger charge is 2.49. The van der Waals surface area contributed by atoms with Crippen LogP contribution >= 0.6 is 0 Å². The number of rotatable bonds is 3. The standard InChI is InChI=1S/C11H14N2O5/c1-5(14)7-3-12-4-8(6(2)15)10(16)13(12)9(7)11(17)18/h6,8,15H,3-4H2,1-2H3,(H,17,18). The van der Waals surface area contributed by atoms with Gasteiger partial charge in [0.2, 0.25) is 5.91 Å². The fourth-order valence-corrected chi connectivity index (χ4v) is 2.31. The van der Waals surface area contributed by atoms with Gasteiger partial charge in [-0.1, -0.05) is 0 Å². The summed E-state index contributed by atoms with van der Waals surface area (Å²) in [7, 11) is 0. The van der Waals surface area contributed by atoms with Gasteiger partial charge in [0, 0.05) is 18.7 Å². The molecule has 0 aliphatic carbocycles. The summed E-state index contributed by atoms with van der Waals surface area (Å²) in [5.41, 5.74) is -0.157. The van der Waals surface area contributed by atoms with Crippen molar-refractivity contribution in [1.29, 1.82) is 0 Å². The molecule has 2 unspecified atom stereocenters. The molecule has 0 aromatic heterocycles. The molecule has 2 N–H and O–H groups in total. The van der Waals surface area contributed by atoms with Crippen molar-refractivity contribution in [3.63, 3.8) is 0 Å². The smallest absolute Gasteiger partial charge is 0.354 e. The number of Topliss-reactive ketones (excluding diaryl/α,β-unsaturated/α-hetero) is 1. The van der Waals surface area contributed by atoms with Crippen molar-refractivity contribution < 1.29 is 24.6 Å². The summed E-state index contributed by atoms with van der Waals surface area (Å²) in [6.45, 7) is 3.09. The number of aliphatic carboxylic acids is 1. The van der Waals surface area contributed by atoms with E-state index in [1.54, 1.807) is 0 Å². The minimum Gasteiger partial charge on any atom is -0.477 e. The Labute approximate surface area is 103 Å². The minimum absolute atomic E-state index is 0.103. The maximum Gasteiger partial charge on any atom is 0.354 e. The summed E-state index contributed by atoms with van der Waals surface area (Å²) in [4.78, 5) is 34.6. The quantitative estimate of drug-likeness (QED) is 0.669. The molecule has 1 saturated heterocycles. The highest BCUT2D eigenvalue weighted by molar-refractivity contribution is 6.06. The van der Waals surface area contributed by atoms with E-state index in [-0.39, 0.29) is 30.1 Å². The Balaban J connectivity index is 2.40. The maximum atomic E-state index is 12.0. The van der Waals surface area contributed by atoms with E-state index in [1.165, 1.54) is 18.9 Å². The average Bonchev–Trinajstić information content (AvgIpc) is 2.75. The first-order valence-electron chi connectivity index (χ1n) is 5.59. The molecule has 2 aliphatic rings. The van der Waals surface area contributed by atoms with E-state index >= 15 is 0 Å². The molecule has 0 bridgehead atoms. The number of nitrogens with zero attached hydrogens (tertiary/aromatic N) is 2. The summed E-state index contributed by atoms with van der Waals surface area (Å²) in [6.07, 6.45) is -0.848. The lowest BCUT2D eigenvalue weighted by molar-refractivity contribution is -0.144. The van der Waals surface area contributed by atoms with E-state index in [4.69, 9.17) is 5.11 Å². The van der Waals surface area contributed by atoms with Gasteiger partial charge in [0.05, 0.1) is 12.0 Å². The fraction of sp³-hybridized carbons (Fsp3) is 0.545. The Morgan fingerprint density at radius 2 is 2.06 bits per heavy atom. The molecule has 18 heavy (non-hydrogen) atoms. The Hall–Kier alpha value is -1.73. The van der Waals surface area contributed by atoms with E-state index < -0.39 is 23.9 Å². The normalized spacial score (nSPS) is 25.6. The van der Waals surface area contributed by atoms with Gasteiger partial charge in [0.15, 0.2) is 11.5 Å². The fourth-order valence-electron chi connectivity index (χ4n) is 2.31. The van der Waals surface area contributed by atoms with Crippen LogP contribution in [0.2, 0.25) is 0 Å². The lowest BCUT2D eigenvalue weighted by Crippen LogP contribution is -2.36. The van der Waals surface area contributed by atoms with Gasteiger partial charge in [-0.2, -0.15) is 0 Å². The molecule has 2 aliphatic heterocycles. The van der Waals surface area contributed by atoms with Crippen molar-refractivity contribution in [3.05, 3.63) is 11.3 Å².